The van der Waals surface area contributed by atoms with Crippen LogP contribution in [0.5, 0.6) is 0 Å². The van der Waals surface area contributed by atoms with E-state index in [1.807, 2.05) is 6.92 Å². The fourth-order valence-corrected chi connectivity index (χ4v) is 2.56. The van der Waals surface area contributed by atoms with Gasteiger partial charge in [0.25, 0.3) is 0 Å². The van der Waals surface area contributed by atoms with Gasteiger partial charge in [-0.3, -0.25) is 0 Å². The molecule has 1 N–H and O–H groups in total. The second kappa shape index (κ2) is 5.72. The number of hydrogen-bond acceptors (Lipinski definition) is 2. The Balaban J connectivity index is 2.26. The first-order chi connectivity index (χ1) is 6.63. The number of likely N-dealkylation sites (N-methyl/N-ethyl adjacent to an activating group) is 1. The van der Waals surface area contributed by atoms with Crippen LogP contribution < -0.4 is 0 Å². The van der Waals surface area contributed by atoms with E-state index in [0.29, 0.717) is 6.04 Å². The van der Waals surface area contributed by atoms with Crippen molar-refractivity contribution in [3.05, 3.63) is 0 Å². The van der Waals surface area contributed by atoms with Crippen LogP contribution in [0.1, 0.15) is 46.0 Å². The molecule has 14 heavy (non-hydrogen) atoms. The molecule has 0 heterocycles. The number of aliphatic hydroxyl groups excluding tert-OH is 1. The van der Waals surface area contributed by atoms with Crippen molar-refractivity contribution in [2.24, 2.45) is 5.92 Å². The van der Waals surface area contributed by atoms with E-state index in [2.05, 4.69) is 18.9 Å². The van der Waals surface area contributed by atoms with Gasteiger partial charge in [0.05, 0.1) is 6.10 Å². The molecule has 2 heteroatoms. The smallest absolute Gasteiger partial charge is 0.0639 e. The lowest BCUT2D eigenvalue weighted by molar-refractivity contribution is 0.0939. The maximum absolute atomic E-state index is 9.31. The Kier molecular flexibility index (Phi) is 4.90. The van der Waals surface area contributed by atoms with Crippen LogP contribution in [0.2, 0.25) is 0 Å². The molecular formula is C12H25NO. The number of hydrogen-bond donors (Lipinski definition) is 1. The topological polar surface area (TPSA) is 23.5 Å². The summed E-state index contributed by atoms with van der Waals surface area (Å²) in [5, 5.41) is 9.31. The molecule has 0 aromatic heterocycles. The fraction of sp³-hybridized carbons (Fsp3) is 1.00. The molecule has 0 unspecified atom stereocenters. The van der Waals surface area contributed by atoms with Crippen molar-refractivity contribution in [3.8, 4) is 0 Å². The van der Waals surface area contributed by atoms with Gasteiger partial charge < -0.3 is 10.0 Å². The van der Waals surface area contributed by atoms with Gasteiger partial charge in [0.2, 0.25) is 0 Å². The predicted molar refractivity (Wildman–Crippen MR) is 60.3 cm³/mol. The third-order valence-corrected chi connectivity index (χ3v) is 3.57. The van der Waals surface area contributed by atoms with E-state index in [9.17, 15) is 5.11 Å². The van der Waals surface area contributed by atoms with Gasteiger partial charge in [0.15, 0.2) is 0 Å². The third-order valence-electron chi connectivity index (χ3n) is 3.57. The Labute approximate surface area is 88.3 Å². The fourth-order valence-electron chi connectivity index (χ4n) is 2.56. The lowest BCUT2D eigenvalue weighted by atomic mass is 9.84. The normalized spacial score (nSPS) is 30.6. The van der Waals surface area contributed by atoms with Gasteiger partial charge in [-0.1, -0.05) is 13.3 Å². The maximum Gasteiger partial charge on any atom is 0.0639 e. The van der Waals surface area contributed by atoms with Crippen molar-refractivity contribution in [2.45, 2.75) is 58.1 Å². The first-order valence-corrected chi connectivity index (χ1v) is 6.01. The molecule has 0 aromatic rings. The highest BCUT2D eigenvalue weighted by Gasteiger charge is 2.23. The summed E-state index contributed by atoms with van der Waals surface area (Å²) in [7, 11) is 2.14. The molecule has 2 nitrogen and oxygen atoms in total. The number of rotatable bonds is 4. The molecule has 0 aromatic carbocycles. The molecule has 0 spiro atoms. The van der Waals surface area contributed by atoms with E-state index in [-0.39, 0.29) is 6.10 Å². The molecule has 1 aliphatic rings. The Bertz CT molecular complexity index is 150. The van der Waals surface area contributed by atoms with Crippen LogP contribution in [-0.4, -0.2) is 35.7 Å². The maximum atomic E-state index is 9.31. The molecular weight excluding hydrogens is 174 g/mol. The monoisotopic (exact) mass is 199 g/mol. The average molecular weight is 199 g/mol. The summed E-state index contributed by atoms with van der Waals surface area (Å²) in [6.07, 6.45) is 6.55. The van der Waals surface area contributed by atoms with Gasteiger partial charge in [-0.2, -0.15) is 0 Å². The molecule has 0 aliphatic heterocycles. The molecule has 0 bridgehead atoms. The molecule has 84 valence electrons. The summed E-state index contributed by atoms with van der Waals surface area (Å²) < 4.78 is 0. The first kappa shape index (κ1) is 12.0. The Morgan fingerprint density at radius 3 is 2.29 bits per heavy atom. The van der Waals surface area contributed by atoms with Crippen LogP contribution in [0.25, 0.3) is 0 Å². The quantitative estimate of drug-likeness (QED) is 0.751. The molecule has 1 fully saturated rings. The van der Waals surface area contributed by atoms with Gasteiger partial charge in [-0.05, 0) is 45.6 Å². The molecule has 0 saturated heterocycles. The second-order valence-corrected chi connectivity index (χ2v) is 4.87. The van der Waals surface area contributed by atoms with Crippen molar-refractivity contribution < 1.29 is 5.11 Å². The van der Waals surface area contributed by atoms with Crippen LogP contribution in [0.3, 0.4) is 0 Å². The number of aliphatic hydroxyl groups is 1. The summed E-state index contributed by atoms with van der Waals surface area (Å²) in [6.45, 7) is 4.99. The van der Waals surface area contributed by atoms with Crippen LogP contribution >= 0.6 is 0 Å². The summed E-state index contributed by atoms with van der Waals surface area (Å²) >= 11 is 0. The minimum atomic E-state index is -0.191. The van der Waals surface area contributed by atoms with Crippen molar-refractivity contribution in [2.75, 3.05) is 13.6 Å². The highest BCUT2D eigenvalue weighted by atomic mass is 16.3. The molecule has 0 amide bonds. The van der Waals surface area contributed by atoms with Crippen molar-refractivity contribution in [3.63, 3.8) is 0 Å². The molecule has 1 saturated carbocycles. The van der Waals surface area contributed by atoms with Crippen molar-refractivity contribution in [1.82, 2.24) is 4.90 Å². The third kappa shape index (κ3) is 3.58. The van der Waals surface area contributed by atoms with Crippen molar-refractivity contribution >= 4 is 0 Å². The van der Waals surface area contributed by atoms with Crippen LogP contribution in [0, 0.1) is 5.92 Å². The molecule has 1 aliphatic carbocycles. The van der Waals surface area contributed by atoms with Gasteiger partial charge >= 0.3 is 0 Å². The minimum absolute atomic E-state index is 0.191. The highest BCUT2D eigenvalue weighted by Crippen LogP contribution is 2.28. The molecule has 1 atom stereocenters. The summed E-state index contributed by atoms with van der Waals surface area (Å²) in [6, 6.07) is 0.715. The summed E-state index contributed by atoms with van der Waals surface area (Å²) in [5.74, 6) is 0.964. The van der Waals surface area contributed by atoms with E-state index < -0.39 is 0 Å². The van der Waals surface area contributed by atoms with E-state index >= 15 is 0 Å². The van der Waals surface area contributed by atoms with E-state index in [4.69, 9.17) is 0 Å². The van der Waals surface area contributed by atoms with Crippen LogP contribution in [0.4, 0.5) is 0 Å². The van der Waals surface area contributed by atoms with Crippen LogP contribution in [0.15, 0.2) is 0 Å². The SMILES string of the molecule is CCC1CCC(N(C)C[C@H](C)O)CC1. The predicted octanol–water partition coefficient (Wildman–Crippen LogP) is 2.27. The van der Waals surface area contributed by atoms with Gasteiger partial charge in [-0.15, -0.1) is 0 Å². The van der Waals surface area contributed by atoms with E-state index in [1.165, 1.54) is 32.1 Å². The van der Waals surface area contributed by atoms with Gasteiger partial charge in [0.1, 0.15) is 0 Å². The van der Waals surface area contributed by atoms with Crippen molar-refractivity contribution in [1.29, 1.82) is 0 Å². The average Bonchev–Trinajstić information content (AvgIpc) is 2.17. The lowest BCUT2D eigenvalue weighted by Crippen LogP contribution is -2.39. The van der Waals surface area contributed by atoms with Crippen LogP contribution in [-0.2, 0) is 0 Å². The Morgan fingerprint density at radius 2 is 1.86 bits per heavy atom. The zero-order chi connectivity index (χ0) is 10.6. The minimum Gasteiger partial charge on any atom is -0.392 e. The van der Waals surface area contributed by atoms with Gasteiger partial charge in [-0.25, -0.2) is 0 Å². The highest BCUT2D eigenvalue weighted by molar-refractivity contribution is 4.78. The second-order valence-electron chi connectivity index (χ2n) is 4.87. The zero-order valence-corrected chi connectivity index (χ0v) is 9.87. The lowest BCUT2D eigenvalue weighted by Gasteiger charge is -2.34. The standard InChI is InChI=1S/C12H25NO/c1-4-11-5-7-12(8-6-11)13(3)9-10(2)14/h10-12,14H,4-9H2,1-3H3/t10-,11?,12?/m0/s1. The summed E-state index contributed by atoms with van der Waals surface area (Å²) in [4.78, 5) is 2.33. The Hall–Kier alpha value is -0.0800. The first-order valence-electron chi connectivity index (χ1n) is 6.01. The summed E-state index contributed by atoms with van der Waals surface area (Å²) in [5.41, 5.74) is 0. The molecule has 0 radical (unpaired) electrons. The van der Waals surface area contributed by atoms with E-state index in [0.717, 1.165) is 12.5 Å². The van der Waals surface area contributed by atoms with Gasteiger partial charge in [0, 0.05) is 12.6 Å². The molecule has 1 rings (SSSR count). The van der Waals surface area contributed by atoms with E-state index in [1.54, 1.807) is 0 Å². The zero-order valence-electron chi connectivity index (χ0n) is 9.87. The largest absolute Gasteiger partial charge is 0.392 e. The Morgan fingerprint density at radius 1 is 1.29 bits per heavy atom. The number of nitrogens with zero attached hydrogens (tertiary/aromatic N) is 1.